The Morgan fingerprint density at radius 2 is 1.75 bits per heavy atom. The lowest BCUT2D eigenvalue weighted by Crippen LogP contribution is -2.14. The van der Waals surface area contributed by atoms with Gasteiger partial charge in [0.1, 0.15) is 4.90 Å². The number of aryl methyl sites for hydroxylation is 1. The summed E-state index contributed by atoms with van der Waals surface area (Å²) >= 11 is 12.4. The van der Waals surface area contributed by atoms with E-state index < -0.39 is 10.0 Å². The molecule has 0 atom stereocenters. The first kappa shape index (κ1) is 15.8. The Morgan fingerprint density at radius 1 is 1.05 bits per heavy atom. The molecule has 1 N–H and O–H groups in total. The Kier molecular flexibility index (Phi) is 4.79. The summed E-state index contributed by atoms with van der Waals surface area (Å²) in [6.45, 7) is 1.89. The second kappa shape index (κ2) is 6.05. The molecule has 20 heavy (non-hydrogen) atoms. The second-order valence-electron chi connectivity index (χ2n) is 4.16. The number of rotatable bonds is 3. The average Bonchev–Trinajstić information content (AvgIpc) is 2.32. The molecule has 0 bridgehead atoms. The number of hydrogen-bond donors (Lipinski definition) is 1. The van der Waals surface area contributed by atoms with Crippen LogP contribution in [-0.4, -0.2) is 8.42 Å². The summed E-state index contributed by atoms with van der Waals surface area (Å²) in [6, 6.07) is 9.91. The molecule has 0 aromatic heterocycles. The van der Waals surface area contributed by atoms with Crippen molar-refractivity contribution in [2.75, 3.05) is 4.72 Å². The van der Waals surface area contributed by atoms with E-state index in [9.17, 15) is 8.42 Å². The third-order valence-electron chi connectivity index (χ3n) is 2.55. The first-order chi connectivity index (χ1) is 9.29. The second-order valence-corrected chi connectivity index (χ2v) is 7.96. The van der Waals surface area contributed by atoms with Crippen LogP contribution in [0.2, 0.25) is 5.02 Å². The van der Waals surface area contributed by atoms with E-state index >= 15 is 0 Å². The number of sulfonamides is 1. The molecule has 0 fully saturated rings. The van der Waals surface area contributed by atoms with Crippen LogP contribution in [0.5, 0.6) is 0 Å². The standard InChI is InChI=1S/C13H10Br2ClNO2S/c1-8-2-5-13(11(15)6-8)20(18,19)17-12-4-3-9(16)7-10(12)14/h2-7,17H,1H3. The Labute approximate surface area is 139 Å². The molecular weight excluding hydrogens is 429 g/mol. The molecule has 0 aliphatic rings. The lowest BCUT2D eigenvalue weighted by Gasteiger charge is -2.11. The maximum Gasteiger partial charge on any atom is 0.263 e. The molecule has 3 nitrogen and oxygen atoms in total. The SMILES string of the molecule is Cc1ccc(S(=O)(=O)Nc2ccc(Cl)cc2Br)c(Br)c1. The molecule has 0 saturated carbocycles. The van der Waals surface area contributed by atoms with Gasteiger partial charge in [0.05, 0.1) is 5.69 Å². The molecule has 0 aliphatic carbocycles. The molecule has 106 valence electrons. The topological polar surface area (TPSA) is 46.2 Å². The van der Waals surface area contributed by atoms with Crippen molar-refractivity contribution < 1.29 is 8.42 Å². The van der Waals surface area contributed by atoms with Crippen molar-refractivity contribution in [3.8, 4) is 0 Å². The van der Waals surface area contributed by atoms with Crippen LogP contribution in [0.1, 0.15) is 5.56 Å². The Morgan fingerprint density at radius 3 is 2.35 bits per heavy atom. The van der Waals surface area contributed by atoms with E-state index in [1.807, 2.05) is 6.92 Å². The first-order valence-corrected chi connectivity index (χ1v) is 8.98. The molecule has 0 unspecified atom stereocenters. The van der Waals surface area contributed by atoms with Crippen LogP contribution >= 0.6 is 43.5 Å². The van der Waals surface area contributed by atoms with Gasteiger partial charge < -0.3 is 0 Å². The van der Waals surface area contributed by atoms with E-state index in [1.165, 1.54) is 0 Å². The van der Waals surface area contributed by atoms with E-state index in [0.29, 0.717) is 19.7 Å². The van der Waals surface area contributed by atoms with Gasteiger partial charge in [-0.2, -0.15) is 0 Å². The van der Waals surface area contributed by atoms with Crippen molar-refractivity contribution >= 4 is 59.2 Å². The third-order valence-corrected chi connectivity index (χ3v) is 5.79. The van der Waals surface area contributed by atoms with E-state index in [1.54, 1.807) is 36.4 Å². The van der Waals surface area contributed by atoms with E-state index in [4.69, 9.17) is 11.6 Å². The summed E-state index contributed by atoms with van der Waals surface area (Å²) in [5.74, 6) is 0. The van der Waals surface area contributed by atoms with Crippen LogP contribution in [-0.2, 0) is 10.0 Å². The number of anilines is 1. The van der Waals surface area contributed by atoms with Crippen molar-refractivity contribution in [1.29, 1.82) is 0 Å². The lowest BCUT2D eigenvalue weighted by molar-refractivity contribution is 0.600. The average molecular weight is 440 g/mol. The van der Waals surface area contributed by atoms with Crippen LogP contribution in [0.25, 0.3) is 0 Å². The fourth-order valence-corrected chi connectivity index (χ4v) is 4.78. The van der Waals surface area contributed by atoms with Gasteiger partial charge >= 0.3 is 0 Å². The van der Waals surface area contributed by atoms with Crippen LogP contribution < -0.4 is 4.72 Å². The minimum absolute atomic E-state index is 0.185. The minimum Gasteiger partial charge on any atom is -0.278 e. The number of nitrogens with one attached hydrogen (secondary N) is 1. The van der Waals surface area contributed by atoms with Gasteiger partial charge in [0.15, 0.2) is 0 Å². The maximum atomic E-state index is 12.4. The van der Waals surface area contributed by atoms with Crippen LogP contribution in [0.3, 0.4) is 0 Å². The molecule has 2 aromatic rings. The summed E-state index contributed by atoms with van der Waals surface area (Å²) < 4.78 is 28.4. The molecule has 2 aromatic carbocycles. The fourth-order valence-electron chi connectivity index (χ4n) is 1.60. The normalized spacial score (nSPS) is 11.4. The highest BCUT2D eigenvalue weighted by molar-refractivity contribution is 9.11. The minimum atomic E-state index is -3.67. The monoisotopic (exact) mass is 437 g/mol. The van der Waals surface area contributed by atoms with Crippen molar-refractivity contribution in [2.24, 2.45) is 0 Å². The van der Waals surface area contributed by atoms with Gasteiger partial charge in [0, 0.05) is 14.0 Å². The lowest BCUT2D eigenvalue weighted by atomic mass is 10.2. The van der Waals surface area contributed by atoms with Crippen molar-refractivity contribution in [1.82, 2.24) is 0 Å². The molecule has 0 amide bonds. The van der Waals surface area contributed by atoms with Gasteiger partial charge in [-0.3, -0.25) is 4.72 Å². The van der Waals surface area contributed by atoms with Crippen molar-refractivity contribution in [3.05, 3.63) is 55.9 Å². The highest BCUT2D eigenvalue weighted by Crippen LogP contribution is 2.30. The predicted molar refractivity (Wildman–Crippen MR) is 88.8 cm³/mol. The summed E-state index contributed by atoms with van der Waals surface area (Å²) in [5, 5.41) is 0.524. The summed E-state index contributed by atoms with van der Waals surface area (Å²) in [7, 11) is -3.67. The first-order valence-electron chi connectivity index (χ1n) is 5.53. The number of halogens is 3. The van der Waals surface area contributed by atoms with Crippen LogP contribution in [0.15, 0.2) is 50.2 Å². The Hall–Kier alpha value is -0.560. The molecular formula is C13H10Br2ClNO2S. The molecule has 0 radical (unpaired) electrons. The van der Waals surface area contributed by atoms with Crippen molar-refractivity contribution in [3.63, 3.8) is 0 Å². The summed E-state index contributed by atoms with van der Waals surface area (Å²) in [4.78, 5) is 0.185. The largest absolute Gasteiger partial charge is 0.278 e. The zero-order chi connectivity index (χ0) is 14.9. The molecule has 7 heteroatoms. The Bertz CT molecular complexity index is 763. The zero-order valence-corrected chi connectivity index (χ0v) is 15.1. The van der Waals surface area contributed by atoms with Gasteiger partial charge in [-0.25, -0.2) is 8.42 Å². The van der Waals surface area contributed by atoms with Crippen LogP contribution in [0, 0.1) is 6.92 Å². The maximum absolute atomic E-state index is 12.4. The van der Waals surface area contributed by atoms with Gasteiger partial charge in [-0.15, -0.1) is 0 Å². The quantitative estimate of drug-likeness (QED) is 0.734. The third kappa shape index (κ3) is 3.55. The number of hydrogen-bond acceptors (Lipinski definition) is 2. The van der Waals surface area contributed by atoms with E-state index in [2.05, 4.69) is 36.6 Å². The highest BCUT2D eigenvalue weighted by atomic mass is 79.9. The van der Waals surface area contributed by atoms with Gasteiger partial charge in [-0.1, -0.05) is 17.7 Å². The molecule has 2 rings (SSSR count). The molecule has 0 saturated heterocycles. The smallest absolute Gasteiger partial charge is 0.263 e. The van der Waals surface area contributed by atoms with Crippen LogP contribution in [0.4, 0.5) is 5.69 Å². The van der Waals surface area contributed by atoms with Gasteiger partial charge in [-0.05, 0) is 74.7 Å². The zero-order valence-electron chi connectivity index (χ0n) is 10.3. The molecule has 0 aliphatic heterocycles. The van der Waals surface area contributed by atoms with Gasteiger partial charge in [0.25, 0.3) is 10.0 Å². The van der Waals surface area contributed by atoms with E-state index in [0.717, 1.165) is 5.56 Å². The predicted octanol–water partition coefficient (Wildman–Crippen LogP) is 4.97. The summed E-state index contributed by atoms with van der Waals surface area (Å²) in [5.41, 5.74) is 1.41. The number of benzene rings is 2. The Balaban J connectivity index is 2.41. The highest BCUT2D eigenvalue weighted by Gasteiger charge is 2.18. The molecule has 0 spiro atoms. The van der Waals surface area contributed by atoms with Crippen molar-refractivity contribution in [2.45, 2.75) is 11.8 Å². The molecule has 0 heterocycles. The van der Waals surface area contributed by atoms with E-state index in [-0.39, 0.29) is 4.90 Å². The summed E-state index contributed by atoms with van der Waals surface area (Å²) in [6.07, 6.45) is 0. The van der Waals surface area contributed by atoms with Gasteiger partial charge in [0.2, 0.25) is 0 Å². The fraction of sp³-hybridized carbons (Fsp3) is 0.0769.